The number of hydrogen-bond acceptors (Lipinski definition) is 7. The summed E-state index contributed by atoms with van der Waals surface area (Å²) in [5, 5.41) is 4.01. The van der Waals surface area contributed by atoms with Crippen LogP contribution in [0.4, 0.5) is 0 Å². The van der Waals surface area contributed by atoms with E-state index in [1.807, 2.05) is 13.8 Å². The van der Waals surface area contributed by atoms with Crippen LogP contribution in [0, 0.1) is 0 Å². The fraction of sp³-hybridized carbons (Fsp3) is 0.207. The minimum atomic E-state index is -0.516. The molecule has 3 aromatic carbocycles. The number of nitrogens with zero attached hydrogens (tertiary/aromatic N) is 1. The fourth-order valence-electron chi connectivity index (χ4n) is 3.11. The molecule has 0 heterocycles. The van der Waals surface area contributed by atoms with Crippen molar-refractivity contribution in [2.24, 2.45) is 5.10 Å². The second-order valence-electron chi connectivity index (χ2n) is 7.72. The monoisotopic (exact) mass is 502 g/mol. The molecule has 0 bridgehead atoms. The molecule has 0 aliphatic heterocycles. The van der Waals surface area contributed by atoms with Crippen molar-refractivity contribution in [3.8, 4) is 23.0 Å². The first-order valence-electron chi connectivity index (χ1n) is 11.9. The molecule has 8 heteroatoms. The number of hydrazone groups is 1. The third-order valence-electron chi connectivity index (χ3n) is 4.90. The van der Waals surface area contributed by atoms with Crippen LogP contribution in [0.1, 0.15) is 46.5 Å². The zero-order valence-corrected chi connectivity index (χ0v) is 20.9. The first kappa shape index (κ1) is 27.0. The first-order chi connectivity index (χ1) is 18.0. The van der Waals surface area contributed by atoms with Gasteiger partial charge < -0.3 is 18.9 Å². The maximum atomic E-state index is 12.6. The molecule has 0 fully saturated rings. The predicted octanol–water partition coefficient (Wildman–Crippen LogP) is 5.42. The Morgan fingerprint density at radius 3 is 2.19 bits per heavy atom. The lowest BCUT2D eigenvalue weighted by atomic mass is 10.2. The molecule has 3 aromatic rings. The van der Waals surface area contributed by atoms with E-state index in [2.05, 4.69) is 17.1 Å². The summed E-state index contributed by atoms with van der Waals surface area (Å²) >= 11 is 0. The number of carbonyl (C=O) groups is 2. The summed E-state index contributed by atoms with van der Waals surface area (Å²) in [7, 11) is 0. The largest absolute Gasteiger partial charge is 0.494 e. The minimum Gasteiger partial charge on any atom is -0.494 e. The SMILES string of the molecule is C=CCOc1ccc(C(=O)NN=Cc2ccc(OC(=O)c3ccc(OCCC)cc3)c(OCC)c2)cc1. The Morgan fingerprint density at radius 2 is 1.54 bits per heavy atom. The molecule has 37 heavy (non-hydrogen) atoms. The van der Waals surface area contributed by atoms with E-state index in [1.54, 1.807) is 72.8 Å². The van der Waals surface area contributed by atoms with E-state index in [0.29, 0.717) is 53.8 Å². The molecule has 8 nitrogen and oxygen atoms in total. The molecule has 1 N–H and O–H groups in total. The molecule has 0 saturated carbocycles. The average Bonchev–Trinajstić information content (AvgIpc) is 2.92. The van der Waals surface area contributed by atoms with Crippen LogP contribution in [-0.2, 0) is 0 Å². The van der Waals surface area contributed by atoms with E-state index in [9.17, 15) is 9.59 Å². The summed E-state index contributed by atoms with van der Waals surface area (Å²) in [5.41, 5.74) is 3.96. The molecule has 0 radical (unpaired) electrons. The van der Waals surface area contributed by atoms with Crippen LogP contribution in [0.2, 0.25) is 0 Å². The van der Waals surface area contributed by atoms with Crippen molar-refractivity contribution in [1.29, 1.82) is 0 Å². The van der Waals surface area contributed by atoms with Crippen LogP contribution >= 0.6 is 0 Å². The van der Waals surface area contributed by atoms with E-state index >= 15 is 0 Å². The van der Waals surface area contributed by atoms with Crippen molar-refractivity contribution in [3.63, 3.8) is 0 Å². The highest BCUT2D eigenvalue weighted by Crippen LogP contribution is 2.29. The molecule has 0 unspecified atom stereocenters. The summed E-state index contributed by atoms with van der Waals surface area (Å²) in [6.45, 7) is 8.82. The van der Waals surface area contributed by atoms with Crippen LogP contribution in [0.5, 0.6) is 23.0 Å². The van der Waals surface area contributed by atoms with Crippen molar-refractivity contribution < 1.29 is 28.5 Å². The molecule has 3 rings (SSSR count). The van der Waals surface area contributed by atoms with E-state index in [4.69, 9.17) is 18.9 Å². The van der Waals surface area contributed by atoms with E-state index < -0.39 is 5.97 Å². The van der Waals surface area contributed by atoms with Gasteiger partial charge in [0.25, 0.3) is 5.91 Å². The molecule has 1 amide bonds. The summed E-state index contributed by atoms with van der Waals surface area (Å²) in [6, 6.07) is 18.4. The Bertz CT molecular complexity index is 1220. The Morgan fingerprint density at radius 1 is 0.865 bits per heavy atom. The number of hydrogen-bond donors (Lipinski definition) is 1. The standard InChI is InChI=1S/C29H30N2O6/c1-4-17-35-24-12-8-22(9-13-24)28(32)31-30-20-21-7-16-26(27(19-21)34-6-3)37-29(33)23-10-14-25(15-11-23)36-18-5-2/h4,7-16,19-20H,1,5-6,17-18H2,2-3H3,(H,31,32). The molecule has 0 aliphatic rings. The van der Waals surface area contributed by atoms with Crippen molar-refractivity contribution >= 4 is 18.1 Å². The van der Waals surface area contributed by atoms with Crippen LogP contribution in [-0.4, -0.2) is 37.9 Å². The van der Waals surface area contributed by atoms with Crippen LogP contribution in [0.15, 0.2) is 84.5 Å². The molecular weight excluding hydrogens is 472 g/mol. The molecule has 0 aliphatic carbocycles. The van der Waals surface area contributed by atoms with Gasteiger partial charge in [0.1, 0.15) is 18.1 Å². The zero-order valence-electron chi connectivity index (χ0n) is 20.9. The Hall–Kier alpha value is -4.59. The predicted molar refractivity (Wildman–Crippen MR) is 142 cm³/mol. The number of carbonyl (C=O) groups excluding carboxylic acids is 2. The van der Waals surface area contributed by atoms with Crippen molar-refractivity contribution in [2.45, 2.75) is 20.3 Å². The van der Waals surface area contributed by atoms with Crippen molar-refractivity contribution in [1.82, 2.24) is 5.43 Å². The lowest BCUT2D eigenvalue weighted by Crippen LogP contribution is -2.17. The fourth-order valence-corrected chi connectivity index (χ4v) is 3.11. The van der Waals surface area contributed by atoms with Gasteiger partial charge in [0.15, 0.2) is 11.5 Å². The second kappa shape index (κ2) is 14.1. The van der Waals surface area contributed by atoms with Crippen molar-refractivity contribution in [3.05, 3.63) is 96.1 Å². The second-order valence-corrected chi connectivity index (χ2v) is 7.72. The van der Waals surface area contributed by atoms with Gasteiger partial charge in [-0.3, -0.25) is 4.79 Å². The Labute approximate surface area is 216 Å². The smallest absolute Gasteiger partial charge is 0.343 e. The molecule has 0 saturated heterocycles. The van der Waals surface area contributed by atoms with Gasteiger partial charge >= 0.3 is 5.97 Å². The topological polar surface area (TPSA) is 95.5 Å². The summed E-state index contributed by atoms with van der Waals surface area (Å²) in [6.07, 6.45) is 4.02. The molecule has 192 valence electrons. The number of ether oxygens (including phenoxy) is 4. The summed E-state index contributed by atoms with van der Waals surface area (Å²) in [4.78, 5) is 25.0. The number of esters is 1. The maximum Gasteiger partial charge on any atom is 0.343 e. The summed E-state index contributed by atoms with van der Waals surface area (Å²) in [5.74, 6) is 1.11. The minimum absolute atomic E-state index is 0.276. The van der Waals surface area contributed by atoms with Gasteiger partial charge in [0.05, 0.1) is 25.0 Å². The number of rotatable bonds is 13. The van der Waals surface area contributed by atoms with Gasteiger partial charge in [0, 0.05) is 5.56 Å². The van der Waals surface area contributed by atoms with Crippen LogP contribution < -0.4 is 24.4 Å². The summed E-state index contributed by atoms with van der Waals surface area (Å²) < 4.78 is 22.2. The lowest BCUT2D eigenvalue weighted by molar-refractivity contribution is 0.0728. The number of benzene rings is 3. The van der Waals surface area contributed by atoms with Gasteiger partial charge in [-0.15, -0.1) is 0 Å². The molecular formula is C29H30N2O6. The number of amides is 1. The molecule has 0 atom stereocenters. The zero-order chi connectivity index (χ0) is 26.5. The van der Waals surface area contributed by atoms with E-state index in [1.165, 1.54) is 6.21 Å². The normalized spacial score (nSPS) is 10.5. The highest BCUT2D eigenvalue weighted by Gasteiger charge is 2.14. The van der Waals surface area contributed by atoms with Gasteiger partial charge in [-0.05, 0) is 85.6 Å². The number of nitrogens with one attached hydrogen (secondary N) is 1. The van der Waals surface area contributed by atoms with Crippen molar-refractivity contribution in [2.75, 3.05) is 19.8 Å². The van der Waals surface area contributed by atoms with Crippen LogP contribution in [0.3, 0.4) is 0 Å². The highest BCUT2D eigenvalue weighted by molar-refractivity contribution is 5.95. The third kappa shape index (κ3) is 8.24. The molecule has 0 spiro atoms. The van der Waals surface area contributed by atoms with E-state index in [-0.39, 0.29) is 11.7 Å². The van der Waals surface area contributed by atoms with Gasteiger partial charge in [-0.25, -0.2) is 10.2 Å². The third-order valence-corrected chi connectivity index (χ3v) is 4.90. The van der Waals surface area contributed by atoms with Crippen LogP contribution in [0.25, 0.3) is 0 Å². The Balaban J connectivity index is 1.62. The van der Waals surface area contributed by atoms with Gasteiger partial charge in [0.2, 0.25) is 0 Å². The maximum absolute atomic E-state index is 12.6. The highest BCUT2D eigenvalue weighted by atomic mass is 16.6. The Kier molecular flexibility index (Phi) is 10.3. The van der Waals surface area contributed by atoms with E-state index in [0.717, 1.165) is 6.42 Å². The molecule has 0 aromatic heterocycles. The van der Waals surface area contributed by atoms with Gasteiger partial charge in [-0.2, -0.15) is 5.10 Å². The van der Waals surface area contributed by atoms with Gasteiger partial charge in [-0.1, -0.05) is 19.6 Å². The first-order valence-corrected chi connectivity index (χ1v) is 11.9. The quantitative estimate of drug-likeness (QED) is 0.110. The lowest BCUT2D eigenvalue weighted by Gasteiger charge is -2.12. The average molecular weight is 503 g/mol.